The Bertz CT molecular complexity index is 428. The largest absolute Gasteiger partial charge is 0.497 e. The predicted molar refractivity (Wildman–Crippen MR) is 74.3 cm³/mol. The predicted octanol–water partition coefficient (Wildman–Crippen LogP) is 3.53. The van der Waals surface area contributed by atoms with Crippen molar-refractivity contribution in [1.29, 1.82) is 0 Å². The number of hydrogen-bond acceptors (Lipinski definition) is 3. The Hall–Kier alpha value is -1.51. The van der Waals surface area contributed by atoms with Crippen LogP contribution in [-0.4, -0.2) is 20.2 Å². The maximum Gasteiger partial charge on any atom is 0.311 e. The number of methoxy groups -OCH3 is 2. The van der Waals surface area contributed by atoms with Crippen molar-refractivity contribution in [2.75, 3.05) is 14.2 Å². The number of hydrogen-bond donors (Lipinski definition) is 0. The lowest BCUT2D eigenvalue weighted by molar-refractivity contribution is -0.153. The maximum absolute atomic E-state index is 11.8. The SMILES string of the molecule is COC(=O)C1(C)CCC(c2ccc(OC)cc2)CC1. The number of carbonyl (C=O) groups is 1. The lowest BCUT2D eigenvalue weighted by atomic mass is 9.70. The molecule has 0 heterocycles. The fourth-order valence-corrected chi connectivity index (χ4v) is 2.91. The van der Waals surface area contributed by atoms with E-state index in [1.54, 1.807) is 7.11 Å². The molecule has 0 spiro atoms. The minimum absolute atomic E-state index is 0.0688. The van der Waals surface area contributed by atoms with Gasteiger partial charge >= 0.3 is 5.97 Å². The first-order chi connectivity index (χ1) is 9.09. The van der Waals surface area contributed by atoms with Gasteiger partial charge in [-0.25, -0.2) is 0 Å². The Morgan fingerprint density at radius 3 is 2.21 bits per heavy atom. The van der Waals surface area contributed by atoms with Crippen LogP contribution in [0.15, 0.2) is 24.3 Å². The van der Waals surface area contributed by atoms with Gasteiger partial charge in [-0.3, -0.25) is 4.79 Å². The number of esters is 1. The van der Waals surface area contributed by atoms with Crippen LogP contribution in [0.4, 0.5) is 0 Å². The molecule has 0 N–H and O–H groups in total. The molecule has 1 aliphatic carbocycles. The number of rotatable bonds is 3. The Kier molecular flexibility index (Phi) is 4.13. The molecule has 0 unspecified atom stereocenters. The van der Waals surface area contributed by atoms with Gasteiger partial charge in [0.15, 0.2) is 0 Å². The standard InChI is InChI=1S/C16H22O3/c1-16(15(17)19-3)10-8-13(9-11-16)12-4-6-14(18-2)7-5-12/h4-7,13H,8-11H2,1-3H3. The average molecular weight is 262 g/mol. The Morgan fingerprint density at radius 2 is 1.74 bits per heavy atom. The zero-order valence-electron chi connectivity index (χ0n) is 11.9. The van der Waals surface area contributed by atoms with Crippen molar-refractivity contribution in [3.8, 4) is 5.75 Å². The lowest BCUT2D eigenvalue weighted by Gasteiger charge is -2.35. The van der Waals surface area contributed by atoms with Gasteiger partial charge in [0.05, 0.1) is 19.6 Å². The van der Waals surface area contributed by atoms with Crippen molar-refractivity contribution in [2.45, 2.75) is 38.5 Å². The number of benzene rings is 1. The fraction of sp³-hybridized carbons (Fsp3) is 0.562. The number of carbonyl (C=O) groups excluding carboxylic acids is 1. The van der Waals surface area contributed by atoms with E-state index < -0.39 is 0 Å². The monoisotopic (exact) mass is 262 g/mol. The van der Waals surface area contributed by atoms with Crippen molar-refractivity contribution in [3.05, 3.63) is 29.8 Å². The highest BCUT2D eigenvalue weighted by atomic mass is 16.5. The first kappa shape index (κ1) is 13.9. The molecular formula is C16H22O3. The van der Waals surface area contributed by atoms with Crippen LogP contribution in [0.2, 0.25) is 0 Å². The van der Waals surface area contributed by atoms with Gasteiger partial charge in [0.2, 0.25) is 0 Å². The molecule has 0 saturated heterocycles. The van der Waals surface area contributed by atoms with E-state index >= 15 is 0 Å². The van der Waals surface area contributed by atoms with E-state index in [9.17, 15) is 4.79 Å². The minimum atomic E-state index is -0.294. The van der Waals surface area contributed by atoms with Crippen molar-refractivity contribution in [1.82, 2.24) is 0 Å². The molecule has 0 amide bonds. The fourth-order valence-electron chi connectivity index (χ4n) is 2.91. The topological polar surface area (TPSA) is 35.5 Å². The Morgan fingerprint density at radius 1 is 1.16 bits per heavy atom. The molecule has 104 valence electrons. The van der Waals surface area contributed by atoms with Crippen molar-refractivity contribution >= 4 is 5.97 Å². The summed E-state index contributed by atoms with van der Waals surface area (Å²) < 4.78 is 10.1. The summed E-state index contributed by atoms with van der Waals surface area (Å²) in [7, 11) is 3.15. The highest BCUT2D eigenvalue weighted by Crippen LogP contribution is 2.43. The molecule has 1 saturated carbocycles. The van der Waals surface area contributed by atoms with Crippen LogP contribution in [0.25, 0.3) is 0 Å². The summed E-state index contributed by atoms with van der Waals surface area (Å²) in [6.07, 6.45) is 3.88. The second-order valence-electron chi connectivity index (χ2n) is 5.60. The quantitative estimate of drug-likeness (QED) is 0.782. The summed E-state index contributed by atoms with van der Waals surface area (Å²) in [5, 5.41) is 0. The van der Waals surface area contributed by atoms with E-state index in [0.717, 1.165) is 31.4 Å². The highest BCUT2D eigenvalue weighted by Gasteiger charge is 2.38. The second kappa shape index (κ2) is 5.64. The van der Waals surface area contributed by atoms with Crippen LogP contribution in [0.3, 0.4) is 0 Å². The van der Waals surface area contributed by atoms with Crippen molar-refractivity contribution in [2.24, 2.45) is 5.41 Å². The molecule has 0 aromatic heterocycles. The highest BCUT2D eigenvalue weighted by molar-refractivity contribution is 5.76. The first-order valence-electron chi connectivity index (χ1n) is 6.81. The average Bonchev–Trinajstić information content (AvgIpc) is 2.47. The summed E-state index contributed by atoms with van der Waals surface area (Å²) >= 11 is 0. The minimum Gasteiger partial charge on any atom is -0.497 e. The van der Waals surface area contributed by atoms with E-state index in [1.807, 2.05) is 19.1 Å². The molecule has 1 aromatic rings. The van der Waals surface area contributed by atoms with Gasteiger partial charge < -0.3 is 9.47 Å². The summed E-state index contributed by atoms with van der Waals surface area (Å²) in [5.41, 5.74) is 1.05. The molecule has 0 atom stereocenters. The van der Waals surface area contributed by atoms with Gasteiger partial charge in [-0.15, -0.1) is 0 Å². The van der Waals surface area contributed by atoms with Gasteiger partial charge in [-0.2, -0.15) is 0 Å². The summed E-state index contributed by atoms with van der Waals surface area (Å²) in [6.45, 7) is 2.02. The Balaban J connectivity index is 2.01. The van der Waals surface area contributed by atoms with Gasteiger partial charge in [0.25, 0.3) is 0 Å². The van der Waals surface area contributed by atoms with Crippen LogP contribution >= 0.6 is 0 Å². The third-order valence-electron chi connectivity index (χ3n) is 4.35. The second-order valence-corrected chi connectivity index (χ2v) is 5.60. The smallest absolute Gasteiger partial charge is 0.311 e. The van der Waals surface area contributed by atoms with Crippen LogP contribution in [0, 0.1) is 5.41 Å². The maximum atomic E-state index is 11.8. The Labute approximate surface area is 114 Å². The molecule has 0 bridgehead atoms. The van der Waals surface area contributed by atoms with E-state index in [-0.39, 0.29) is 11.4 Å². The van der Waals surface area contributed by atoms with E-state index in [2.05, 4.69) is 12.1 Å². The van der Waals surface area contributed by atoms with Gasteiger partial charge in [0.1, 0.15) is 5.75 Å². The van der Waals surface area contributed by atoms with E-state index in [4.69, 9.17) is 9.47 Å². The van der Waals surface area contributed by atoms with Crippen LogP contribution in [0.5, 0.6) is 5.75 Å². The van der Waals surface area contributed by atoms with E-state index in [1.165, 1.54) is 12.7 Å². The van der Waals surface area contributed by atoms with E-state index in [0.29, 0.717) is 5.92 Å². The third-order valence-corrected chi connectivity index (χ3v) is 4.35. The molecule has 1 aliphatic rings. The first-order valence-corrected chi connectivity index (χ1v) is 6.81. The molecule has 3 nitrogen and oxygen atoms in total. The van der Waals surface area contributed by atoms with Crippen molar-refractivity contribution < 1.29 is 14.3 Å². The molecule has 1 fully saturated rings. The zero-order valence-corrected chi connectivity index (χ0v) is 11.9. The third kappa shape index (κ3) is 2.91. The molecule has 1 aromatic carbocycles. The van der Waals surface area contributed by atoms with Crippen molar-refractivity contribution in [3.63, 3.8) is 0 Å². The lowest BCUT2D eigenvalue weighted by Crippen LogP contribution is -2.33. The normalized spacial score (nSPS) is 26.8. The van der Waals surface area contributed by atoms with Gasteiger partial charge in [-0.1, -0.05) is 12.1 Å². The molecule has 0 aliphatic heterocycles. The molecule has 3 heteroatoms. The zero-order chi connectivity index (χ0) is 13.9. The summed E-state index contributed by atoms with van der Waals surface area (Å²) in [5.74, 6) is 1.36. The van der Waals surface area contributed by atoms with Gasteiger partial charge in [-0.05, 0) is 56.2 Å². The summed E-state index contributed by atoms with van der Waals surface area (Å²) in [4.78, 5) is 11.8. The van der Waals surface area contributed by atoms with Gasteiger partial charge in [0, 0.05) is 0 Å². The van der Waals surface area contributed by atoms with Crippen LogP contribution < -0.4 is 4.74 Å². The molecular weight excluding hydrogens is 240 g/mol. The molecule has 19 heavy (non-hydrogen) atoms. The molecule has 0 radical (unpaired) electrons. The van der Waals surface area contributed by atoms with Crippen LogP contribution in [-0.2, 0) is 9.53 Å². The number of ether oxygens (including phenoxy) is 2. The van der Waals surface area contributed by atoms with Crippen LogP contribution in [0.1, 0.15) is 44.1 Å². The summed E-state index contributed by atoms with van der Waals surface area (Å²) in [6, 6.07) is 8.27. The molecule has 2 rings (SSSR count).